The van der Waals surface area contributed by atoms with E-state index < -0.39 is 0 Å². The Hall–Kier alpha value is 0.210. The summed E-state index contributed by atoms with van der Waals surface area (Å²) < 4.78 is 5.71. The SMILES string of the molecule is C1CCC(CCC2CCCN2)OC1.Cl. The van der Waals surface area contributed by atoms with Gasteiger partial charge in [-0.15, -0.1) is 12.4 Å². The van der Waals surface area contributed by atoms with E-state index in [-0.39, 0.29) is 12.4 Å². The number of halogens is 1. The minimum atomic E-state index is 0. The lowest BCUT2D eigenvalue weighted by atomic mass is 10.0. The molecular formula is C11H22ClNO. The number of hydrogen-bond acceptors (Lipinski definition) is 2. The van der Waals surface area contributed by atoms with E-state index in [1.165, 1.54) is 51.5 Å². The fourth-order valence-electron chi connectivity index (χ4n) is 2.43. The average molecular weight is 220 g/mol. The van der Waals surface area contributed by atoms with Crippen molar-refractivity contribution in [3.8, 4) is 0 Å². The van der Waals surface area contributed by atoms with E-state index in [1.54, 1.807) is 0 Å². The van der Waals surface area contributed by atoms with E-state index in [0.29, 0.717) is 6.10 Å². The molecule has 2 fully saturated rings. The summed E-state index contributed by atoms with van der Waals surface area (Å²) in [7, 11) is 0. The molecule has 0 spiro atoms. The molecule has 1 N–H and O–H groups in total. The number of ether oxygens (including phenoxy) is 1. The van der Waals surface area contributed by atoms with Crippen LogP contribution in [0.1, 0.15) is 44.9 Å². The maximum atomic E-state index is 5.71. The first kappa shape index (κ1) is 12.3. The number of rotatable bonds is 3. The molecular weight excluding hydrogens is 198 g/mol. The molecule has 0 aromatic heterocycles. The van der Waals surface area contributed by atoms with Crippen molar-refractivity contribution < 1.29 is 4.74 Å². The summed E-state index contributed by atoms with van der Waals surface area (Å²) in [5, 5.41) is 3.54. The summed E-state index contributed by atoms with van der Waals surface area (Å²) in [5.41, 5.74) is 0. The van der Waals surface area contributed by atoms with E-state index in [1.807, 2.05) is 0 Å². The summed E-state index contributed by atoms with van der Waals surface area (Å²) in [6.07, 6.45) is 9.88. The van der Waals surface area contributed by atoms with Gasteiger partial charge in [0.15, 0.2) is 0 Å². The Morgan fingerprint density at radius 1 is 1.07 bits per heavy atom. The third-order valence-electron chi connectivity index (χ3n) is 3.27. The second-order valence-electron chi connectivity index (χ2n) is 4.36. The van der Waals surface area contributed by atoms with Gasteiger partial charge in [-0.05, 0) is 51.5 Å². The smallest absolute Gasteiger partial charge is 0.0575 e. The van der Waals surface area contributed by atoms with E-state index in [0.717, 1.165) is 12.6 Å². The van der Waals surface area contributed by atoms with Gasteiger partial charge >= 0.3 is 0 Å². The molecule has 14 heavy (non-hydrogen) atoms. The van der Waals surface area contributed by atoms with Gasteiger partial charge in [-0.2, -0.15) is 0 Å². The first-order valence-electron chi connectivity index (χ1n) is 5.80. The molecule has 0 aromatic rings. The molecule has 2 unspecified atom stereocenters. The Kier molecular flexibility index (Phi) is 5.83. The maximum absolute atomic E-state index is 5.71. The molecule has 2 aliphatic rings. The van der Waals surface area contributed by atoms with Gasteiger partial charge in [0.05, 0.1) is 6.10 Å². The molecule has 84 valence electrons. The standard InChI is InChI=1S/C11H21NO.ClH/c1-2-9-13-11(5-1)7-6-10-4-3-8-12-10;/h10-12H,1-9H2;1H. The highest BCUT2D eigenvalue weighted by molar-refractivity contribution is 5.85. The van der Waals surface area contributed by atoms with Crippen molar-refractivity contribution in [1.82, 2.24) is 5.32 Å². The monoisotopic (exact) mass is 219 g/mol. The molecule has 0 amide bonds. The summed E-state index contributed by atoms with van der Waals surface area (Å²) in [6.45, 7) is 2.24. The van der Waals surface area contributed by atoms with Crippen LogP contribution in [0.3, 0.4) is 0 Å². The zero-order chi connectivity index (χ0) is 8.93. The predicted molar refractivity (Wildman–Crippen MR) is 61.1 cm³/mol. The molecule has 2 atom stereocenters. The molecule has 3 heteroatoms. The quantitative estimate of drug-likeness (QED) is 0.788. The van der Waals surface area contributed by atoms with Crippen molar-refractivity contribution >= 4 is 12.4 Å². The Morgan fingerprint density at radius 3 is 2.64 bits per heavy atom. The predicted octanol–water partition coefficient (Wildman–Crippen LogP) is 2.51. The molecule has 2 aliphatic heterocycles. The second-order valence-corrected chi connectivity index (χ2v) is 4.36. The average Bonchev–Trinajstić information content (AvgIpc) is 2.69. The van der Waals surface area contributed by atoms with Crippen molar-refractivity contribution in [2.45, 2.75) is 57.1 Å². The van der Waals surface area contributed by atoms with Gasteiger partial charge in [0.25, 0.3) is 0 Å². The summed E-state index contributed by atoms with van der Waals surface area (Å²) in [6, 6.07) is 0.797. The summed E-state index contributed by atoms with van der Waals surface area (Å²) in [5.74, 6) is 0. The normalized spacial score (nSPS) is 32.6. The molecule has 0 aliphatic carbocycles. The van der Waals surface area contributed by atoms with E-state index in [4.69, 9.17) is 4.74 Å². The fourth-order valence-corrected chi connectivity index (χ4v) is 2.43. The highest BCUT2D eigenvalue weighted by Crippen LogP contribution is 2.19. The van der Waals surface area contributed by atoms with E-state index in [2.05, 4.69) is 5.32 Å². The minimum absolute atomic E-state index is 0. The van der Waals surface area contributed by atoms with Crippen LogP contribution in [0.4, 0.5) is 0 Å². The van der Waals surface area contributed by atoms with Gasteiger partial charge < -0.3 is 10.1 Å². The molecule has 2 nitrogen and oxygen atoms in total. The van der Waals surface area contributed by atoms with Gasteiger partial charge in [0, 0.05) is 12.6 Å². The molecule has 0 bridgehead atoms. The van der Waals surface area contributed by atoms with Crippen LogP contribution in [0.15, 0.2) is 0 Å². The van der Waals surface area contributed by atoms with Crippen LogP contribution in [-0.4, -0.2) is 25.3 Å². The van der Waals surface area contributed by atoms with Crippen LogP contribution >= 0.6 is 12.4 Å². The van der Waals surface area contributed by atoms with Crippen LogP contribution < -0.4 is 5.32 Å². The van der Waals surface area contributed by atoms with Gasteiger partial charge in [-0.3, -0.25) is 0 Å². The fraction of sp³-hybridized carbons (Fsp3) is 1.00. The molecule has 0 saturated carbocycles. The second kappa shape index (κ2) is 6.65. The topological polar surface area (TPSA) is 21.3 Å². The maximum Gasteiger partial charge on any atom is 0.0575 e. The van der Waals surface area contributed by atoms with E-state index in [9.17, 15) is 0 Å². The van der Waals surface area contributed by atoms with Gasteiger partial charge in [-0.1, -0.05) is 0 Å². The van der Waals surface area contributed by atoms with Crippen LogP contribution in [-0.2, 0) is 4.74 Å². The Balaban J connectivity index is 0.000000980. The van der Waals surface area contributed by atoms with Gasteiger partial charge in [0.2, 0.25) is 0 Å². The summed E-state index contributed by atoms with van der Waals surface area (Å²) in [4.78, 5) is 0. The van der Waals surface area contributed by atoms with Gasteiger partial charge in [-0.25, -0.2) is 0 Å². The highest BCUT2D eigenvalue weighted by Gasteiger charge is 2.18. The zero-order valence-corrected chi connectivity index (χ0v) is 9.65. The molecule has 0 aromatic carbocycles. The van der Waals surface area contributed by atoms with Crippen molar-refractivity contribution in [3.63, 3.8) is 0 Å². The zero-order valence-electron chi connectivity index (χ0n) is 8.84. The largest absolute Gasteiger partial charge is 0.378 e. The minimum Gasteiger partial charge on any atom is -0.378 e. The van der Waals surface area contributed by atoms with Crippen molar-refractivity contribution in [2.24, 2.45) is 0 Å². The highest BCUT2D eigenvalue weighted by atomic mass is 35.5. The number of nitrogens with one attached hydrogen (secondary N) is 1. The van der Waals surface area contributed by atoms with Crippen LogP contribution in [0.2, 0.25) is 0 Å². The van der Waals surface area contributed by atoms with Crippen molar-refractivity contribution in [2.75, 3.05) is 13.2 Å². The first-order chi connectivity index (χ1) is 6.45. The first-order valence-corrected chi connectivity index (χ1v) is 5.80. The Morgan fingerprint density at radius 2 is 2.00 bits per heavy atom. The lowest BCUT2D eigenvalue weighted by molar-refractivity contribution is 0.00887. The van der Waals surface area contributed by atoms with Gasteiger partial charge in [0.1, 0.15) is 0 Å². The lowest BCUT2D eigenvalue weighted by Gasteiger charge is -2.23. The molecule has 2 rings (SSSR count). The third kappa shape index (κ3) is 3.76. The third-order valence-corrected chi connectivity index (χ3v) is 3.27. The van der Waals surface area contributed by atoms with Crippen molar-refractivity contribution in [1.29, 1.82) is 0 Å². The summed E-state index contributed by atoms with van der Waals surface area (Å²) >= 11 is 0. The van der Waals surface area contributed by atoms with Crippen LogP contribution in [0.5, 0.6) is 0 Å². The number of hydrogen-bond donors (Lipinski definition) is 1. The molecule has 2 heterocycles. The van der Waals surface area contributed by atoms with E-state index >= 15 is 0 Å². The Bertz CT molecular complexity index is 142. The molecule has 2 saturated heterocycles. The Labute approximate surface area is 93.2 Å². The van der Waals surface area contributed by atoms with Crippen LogP contribution in [0.25, 0.3) is 0 Å². The van der Waals surface area contributed by atoms with Crippen molar-refractivity contribution in [3.05, 3.63) is 0 Å². The molecule has 0 radical (unpaired) electrons. The lowest BCUT2D eigenvalue weighted by Crippen LogP contribution is -2.25. The van der Waals surface area contributed by atoms with Crippen LogP contribution in [0, 0.1) is 0 Å².